The van der Waals surface area contributed by atoms with Crippen LogP contribution in [0, 0.1) is 6.92 Å². The van der Waals surface area contributed by atoms with Crippen LogP contribution in [0.4, 0.5) is 5.13 Å². The van der Waals surface area contributed by atoms with Gasteiger partial charge in [0.1, 0.15) is 4.90 Å². The van der Waals surface area contributed by atoms with Crippen molar-refractivity contribution in [1.29, 1.82) is 0 Å². The molecule has 3 N–H and O–H groups in total. The molecule has 108 valence electrons. The van der Waals surface area contributed by atoms with Crippen LogP contribution >= 0.6 is 34.5 Å². The van der Waals surface area contributed by atoms with Gasteiger partial charge in [-0.3, -0.25) is 4.72 Å². The lowest BCUT2D eigenvalue weighted by Crippen LogP contribution is -2.14. The fourth-order valence-corrected chi connectivity index (χ4v) is 4.38. The van der Waals surface area contributed by atoms with Gasteiger partial charge in [-0.2, -0.15) is 0 Å². The van der Waals surface area contributed by atoms with Crippen LogP contribution in [-0.2, 0) is 16.6 Å². The topological polar surface area (TPSA) is 85.1 Å². The first-order chi connectivity index (χ1) is 9.33. The Morgan fingerprint density at radius 3 is 2.65 bits per heavy atom. The summed E-state index contributed by atoms with van der Waals surface area (Å²) in [4.78, 5) is 4.73. The number of nitrogens with two attached hydrogens (primary N) is 1. The third-order valence-electron chi connectivity index (χ3n) is 2.43. The maximum absolute atomic E-state index is 12.3. The molecule has 0 atom stereocenters. The Kier molecular flexibility index (Phi) is 4.55. The number of hydrogen-bond acceptors (Lipinski definition) is 5. The van der Waals surface area contributed by atoms with E-state index < -0.39 is 10.0 Å². The molecule has 0 saturated carbocycles. The number of hydrogen-bond donors (Lipinski definition) is 2. The number of sulfonamides is 1. The summed E-state index contributed by atoms with van der Waals surface area (Å²) in [7, 11) is -3.86. The van der Waals surface area contributed by atoms with Crippen molar-refractivity contribution >= 4 is 49.7 Å². The fourth-order valence-electron chi connectivity index (χ4n) is 1.53. The SMILES string of the molecule is Cc1cnc(NS(=O)(=O)c2cc(Cl)cc(CN)c2Cl)s1. The summed E-state index contributed by atoms with van der Waals surface area (Å²) >= 11 is 13.2. The number of aryl methyl sites for hydroxylation is 1. The number of rotatable bonds is 4. The second-order valence-corrected chi connectivity index (χ2v) is 7.66. The van der Waals surface area contributed by atoms with Gasteiger partial charge in [-0.1, -0.05) is 23.2 Å². The van der Waals surface area contributed by atoms with E-state index in [0.717, 1.165) is 4.88 Å². The Hall–Kier alpha value is -0.860. The average molecular weight is 352 g/mol. The number of anilines is 1. The summed E-state index contributed by atoms with van der Waals surface area (Å²) in [5, 5.41) is 0.594. The maximum atomic E-state index is 12.3. The van der Waals surface area contributed by atoms with E-state index in [1.54, 1.807) is 6.20 Å². The molecule has 1 aromatic carbocycles. The summed E-state index contributed by atoms with van der Waals surface area (Å²) in [6.45, 7) is 1.92. The van der Waals surface area contributed by atoms with Crippen molar-refractivity contribution in [3.05, 3.63) is 38.8 Å². The molecule has 20 heavy (non-hydrogen) atoms. The zero-order chi connectivity index (χ0) is 14.9. The first-order valence-electron chi connectivity index (χ1n) is 5.46. The molecule has 2 rings (SSSR count). The number of aromatic nitrogens is 1. The van der Waals surface area contributed by atoms with Gasteiger partial charge < -0.3 is 5.73 Å². The van der Waals surface area contributed by atoms with Crippen LogP contribution in [-0.4, -0.2) is 13.4 Å². The standard InChI is InChI=1S/C11H11Cl2N3O2S2/c1-6-5-15-11(19-6)16-20(17,18)9-3-8(12)2-7(4-14)10(9)13/h2-3,5H,4,14H2,1H3,(H,15,16). The first kappa shape index (κ1) is 15.5. The van der Waals surface area contributed by atoms with Crippen molar-refractivity contribution in [2.24, 2.45) is 5.73 Å². The van der Waals surface area contributed by atoms with Crippen LogP contribution in [0.25, 0.3) is 0 Å². The van der Waals surface area contributed by atoms with E-state index >= 15 is 0 Å². The molecule has 0 radical (unpaired) electrons. The predicted octanol–water partition coefficient (Wildman–Crippen LogP) is 3.02. The first-order valence-corrected chi connectivity index (χ1v) is 8.52. The number of nitrogens with one attached hydrogen (secondary N) is 1. The molecule has 0 aliphatic carbocycles. The van der Waals surface area contributed by atoms with E-state index in [2.05, 4.69) is 9.71 Å². The van der Waals surface area contributed by atoms with Crippen LogP contribution in [0.2, 0.25) is 10.0 Å². The molecule has 0 saturated heterocycles. The van der Waals surface area contributed by atoms with Crippen LogP contribution in [0.3, 0.4) is 0 Å². The minimum atomic E-state index is -3.86. The van der Waals surface area contributed by atoms with Crippen molar-refractivity contribution in [3.8, 4) is 0 Å². The minimum Gasteiger partial charge on any atom is -0.326 e. The molecular formula is C11H11Cl2N3O2S2. The van der Waals surface area contributed by atoms with E-state index in [-0.39, 0.29) is 26.6 Å². The van der Waals surface area contributed by atoms with Crippen molar-refractivity contribution in [3.63, 3.8) is 0 Å². The second kappa shape index (κ2) is 5.87. The summed E-state index contributed by atoms with van der Waals surface area (Å²) in [6.07, 6.45) is 1.58. The molecule has 0 aliphatic rings. The van der Waals surface area contributed by atoms with Crippen LogP contribution < -0.4 is 10.5 Å². The third kappa shape index (κ3) is 3.24. The number of nitrogens with zero attached hydrogens (tertiary/aromatic N) is 1. The quantitative estimate of drug-likeness (QED) is 0.886. The van der Waals surface area contributed by atoms with Gasteiger partial charge in [-0.05, 0) is 24.6 Å². The summed E-state index contributed by atoms with van der Waals surface area (Å²) in [5.41, 5.74) is 5.99. The highest BCUT2D eigenvalue weighted by molar-refractivity contribution is 7.93. The van der Waals surface area contributed by atoms with Gasteiger partial charge in [0.2, 0.25) is 0 Å². The zero-order valence-electron chi connectivity index (χ0n) is 10.4. The van der Waals surface area contributed by atoms with E-state index in [1.807, 2.05) is 6.92 Å². The Bertz CT molecular complexity index is 744. The molecule has 0 fully saturated rings. The lowest BCUT2D eigenvalue weighted by Gasteiger charge is -2.10. The van der Waals surface area contributed by atoms with Gasteiger partial charge in [0.15, 0.2) is 5.13 Å². The van der Waals surface area contributed by atoms with Gasteiger partial charge >= 0.3 is 0 Å². The van der Waals surface area contributed by atoms with Crippen LogP contribution in [0.1, 0.15) is 10.4 Å². The minimum absolute atomic E-state index is 0.0673. The van der Waals surface area contributed by atoms with Gasteiger partial charge in [0.25, 0.3) is 10.0 Å². The normalized spacial score (nSPS) is 11.6. The van der Waals surface area contributed by atoms with Gasteiger partial charge in [-0.25, -0.2) is 13.4 Å². The Morgan fingerprint density at radius 2 is 2.10 bits per heavy atom. The van der Waals surface area contributed by atoms with Gasteiger partial charge in [-0.15, -0.1) is 11.3 Å². The van der Waals surface area contributed by atoms with E-state index in [0.29, 0.717) is 5.56 Å². The van der Waals surface area contributed by atoms with Crippen molar-refractivity contribution in [2.75, 3.05) is 4.72 Å². The monoisotopic (exact) mass is 351 g/mol. The molecule has 0 unspecified atom stereocenters. The molecule has 2 aromatic rings. The average Bonchev–Trinajstić information content (AvgIpc) is 2.76. The Balaban J connectivity index is 2.46. The number of benzene rings is 1. The molecule has 0 aliphatic heterocycles. The van der Waals surface area contributed by atoms with E-state index in [1.165, 1.54) is 23.5 Å². The molecule has 1 heterocycles. The molecular weight excluding hydrogens is 341 g/mol. The number of thiazole rings is 1. The Labute approximate surface area is 130 Å². The molecule has 0 amide bonds. The van der Waals surface area contributed by atoms with Crippen molar-refractivity contribution in [2.45, 2.75) is 18.4 Å². The maximum Gasteiger partial charge on any atom is 0.265 e. The van der Waals surface area contributed by atoms with Crippen molar-refractivity contribution in [1.82, 2.24) is 4.98 Å². The molecule has 0 bridgehead atoms. The highest BCUT2D eigenvalue weighted by Crippen LogP contribution is 2.31. The van der Waals surface area contributed by atoms with Gasteiger partial charge in [0, 0.05) is 22.6 Å². The number of halogens is 2. The fraction of sp³-hybridized carbons (Fsp3) is 0.182. The summed E-state index contributed by atoms with van der Waals surface area (Å²) in [6, 6.07) is 2.82. The Morgan fingerprint density at radius 1 is 1.40 bits per heavy atom. The third-order valence-corrected chi connectivity index (χ3v) is 5.53. The largest absolute Gasteiger partial charge is 0.326 e. The smallest absolute Gasteiger partial charge is 0.265 e. The van der Waals surface area contributed by atoms with Crippen LogP contribution in [0.5, 0.6) is 0 Å². The molecule has 0 spiro atoms. The molecule has 5 nitrogen and oxygen atoms in total. The van der Waals surface area contributed by atoms with E-state index in [9.17, 15) is 8.42 Å². The lowest BCUT2D eigenvalue weighted by molar-refractivity contribution is 0.601. The molecule has 1 aromatic heterocycles. The summed E-state index contributed by atoms with van der Waals surface area (Å²) < 4.78 is 27.0. The highest BCUT2D eigenvalue weighted by Gasteiger charge is 2.22. The lowest BCUT2D eigenvalue weighted by atomic mass is 10.2. The van der Waals surface area contributed by atoms with Crippen LogP contribution in [0.15, 0.2) is 23.2 Å². The van der Waals surface area contributed by atoms with E-state index in [4.69, 9.17) is 28.9 Å². The predicted molar refractivity (Wildman–Crippen MR) is 82.0 cm³/mol. The zero-order valence-corrected chi connectivity index (χ0v) is 13.5. The van der Waals surface area contributed by atoms with Crippen molar-refractivity contribution < 1.29 is 8.42 Å². The molecule has 9 heteroatoms. The highest BCUT2D eigenvalue weighted by atomic mass is 35.5. The van der Waals surface area contributed by atoms with Gasteiger partial charge in [0.05, 0.1) is 5.02 Å². The second-order valence-electron chi connectivity index (χ2n) is 3.96. The summed E-state index contributed by atoms with van der Waals surface area (Å²) in [5.74, 6) is 0.